The van der Waals surface area contributed by atoms with Gasteiger partial charge in [0.15, 0.2) is 0 Å². The second kappa shape index (κ2) is 3.68. The van der Waals surface area contributed by atoms with Gasteiger partial charge in [-0.3, -0.25) is 9.90 Å². The lowest BCUT2D eigenvalue weighted by Crippen LogP contribution is -2.06. The van der Waals surface area contributed by atoms with E-state index in [0.29, 0.717) is 0 Å². The molecular weight excluding hydrogens is 90.1 g/mol. The zero-order valence-corrected chi connectivity index (χ0v) is 5.01. The summed E-state index contributed by atoms with van der Waals surface area (Å²) in [6, 6.07) is 0. The lowest BCUT2D eigenvalue weighted by atomic mass is 10.7. The van der Waals surface area contributed by atoms with Gasteiger partial charge in [-0.05, 0) is 6.92 Å². The second-order valence-corrected chi connectivity index (χ2v) is 1.21. The first-order chi connectivity index (χ1) is 3.31. The summed E-state index contributed by atoms with van der Waals surface area (Å²) in [5.74, 6) is 0. The molecule has 0 amide bonds. The molecule has 0 heterocycles. The van der Waals surface area contributed by atoms with Gasteiger partial charge in [0.2, 0.25) is 0 Å². The first-order valence-corrected chi connectivity index (χ1v) is 2.21. The summed E-state index contributed by atoms with van der Waals surface area (Å²) in [4.78, 5) is 4.74. The molecule has 0 aromatic heterocycles. The third-order valence-corrected chi connectivity index (χ3v) is 0.647. The van der Waals surface area contributed by atoms with Gasteiger partial charge in [-0.25, -0.2) is 0 Å². The fraction of sp³-hybridized carbons (Fsp3) is 0.600. The monoisotopic (exact) mass is 101 g/mol. The zero-order valence-electron chi connectivity index (χ0n) is 5.01. The predicted molar refractivity (Wildman–Crippen MR) is 29.6 cm³/mol. The summed E-state index contributed by atoms with van der Waals surface area (Å²) in [6.07, 6.45) is 3.74. The molecule has 0 spiro atoms. The molecule has 0 aromatic carbocycles. The summed E-state index contributed by atoms with van der Waals surface area (Å²) in [5.41, 5.74) is 0. The smallest absolute Gasteiger partial charge is 0.0638 e. The van der Waals surface area contributed by atoms with Crippen LogP contribution in [0.3, 0.4) is 0 Å². The SMILES string of the molecule is C/C=C\N(C)OC. The molecule has 0 fully saturated rings. The van der Waals surface area contributed by atoms with Gasteiger partial charge in [-0.2, -0.15) is 0 Å². The Bertz CT molecular complexity index is 61.1. The lowest BCUT2D eigenvalue weighted by molar-refractivity contribution is -0.0645. The zero-order chi connectivity index (χ0) is 5.70. The van der Waals surface area contributed by atoms with Crippen molar-refractivity contribution in [2.24, 2.45) is 0 Å². The molecule has 0 aromatic rings. The van der Waals surface area contributed by atoms with Crippen molar-refractivity contribution < 1.29 is 4.84 Å². The van der Waals surface area contributed by atoms with Crippen molar-refractivity contribution in [2.45, 2.75) is 6.92 Å². The molecule has 0 unspecified atom stereocenters. The Labute approximate surface area is 44.3 Å². The van der Waals surface area contributed by atoms with Crippen LogP contribution in [0.2, 0.25) is 0 Å². The van der Waals surface area contributed by atoms with E-state index >= 15 is 0 Å². The molecule has 0 saturated heterocycles. The minimum atomic E-state index is 1.62. The van der Waals surface area contributed by atoms with Gasteiger partial charge in [0.05, 0.1) is 7.11 Å². The number of rotatable bonds is 2. The number of allylic oxidation sites excluding steroid dienone is 1. The first-order valence-electron chi connectivity index (χ1n) is 2.21. The Morgan fingerprint density at radius 3 is 2.29 bits per heavy atom. The molecule has 0 saturated carbocycles. The van der Waals surface area contributed by atoms with Gasteiger partial charge in [-0.1, -0.05) is 6.08 Å². The highest BCUT2D eigenvalue weighted by Gasteiger charge is 1.76. The average molecular weight is 101 g/mol. The highest BCUT2D eigenvalue weighted by molar-refractivity contribution is 4.70. The van der Waals surface area contributed by atoms with Gasteiger partial charge in [0.1, 0.15) is 0 Å². The summed E-state index contributed by atoms with van der Waals surface area (Å²) in [6.45, 7) is 1.94. The van der Waals surface area contributed by atoms with Crippen LogP contribution in [-0.2, 0) is 4.84 Å². The third kappa shape index (κ3) is 3.33. The fourth-order valence-electron chi connectivity index (χ4n) is 0.271. The summed E-state index contributed by atoms with van der Waals surface area (Å²) in [5, 5.41) is 1.62. The third-order valence-electron chi connectivity index (χ3n) is 0.647. The topological polar surface area (TPSA) is 12.5 Å². The second-order valence-electron chi connectivity index (χ2n) is 1.21. The van der Waals surface area contributed by atoms with E-state index in [1.165, 1.54) is 0 Å². The number of hydrogen-bond donors (Lipinski definition) is 0. The Hall–Kier alpha value is -0.500. The van der Waals surface area contributed by atoms with Crippen molar-refractivity contribution in [3.8, 4) is 0 Å². The van der Waals surface area contributed by atoms with Crippen molar-refractivity contribution >= 4 is 0 Å². The normalized spacial score (nSPS) is 10.1. The molecule has 42 valence electrons. The van der Waals surface area contributed by atoms with Gasteiger partial charge in [0.25, 0.3) is 0 Å². The highest BCUT2D eigenvalue weighted by Crippen LogP contribution is 1.79. The summed E-state index contributed by atoms with van der Waals surface area (Å²) >= 11 is 0. The molecule has 2 heteroatoms. The van der Waals surface area contributed by atoms with Crippen LogP contribution in [0.4, 0.5) is 0 Å². The number of hydroxylamine groups is 2. The molecule has 0 aliphatic rings. The van der Waals surface area contributed by atoms with Crippen molar-refractivity contribution in [1.29, 1.82) is 0 Å². The first kappa shape index (κ1) is 6.50. The maximum atomic E-state index is 4.74. The maximum absolute atomic E-state index is 4.74. The van der Waals surface area contributed by atoms with E-state index in [1.54, 1.807) is 12.2 Å². The van der Waals surface area contributed by atoms with E-state index in [9.17, 15) is 0 Å². The van der Waals surface area contributed by atoms with Gasteiger partial charge in [0, 0.05) is 13.2 Å². The van der Waals surface area contributed by atoms with Crippen LogP contribution in [0, 0.1) is 0 Å². The van der Waals surface area contributed by atoms with Crippen LogP contribution in [-0.4, -0.2) is 19.2 Å². The van der Waals surface area contributed by atoms with E-state index < -0.39 is 0 Å². The van der Waals surface area contributed by atoms with Gasteiger partial charge >= 0.3 is 0 Å². The van der Waals surface area contributed by atoms with Crippen molar-refractivity contribution in [3.63, 3.8) is 0 Å². The Morgan fingerprint density at radius 2 is 2.14 bits per heavy atom. The van der Waals surface area contributed by atoms with Crippen LogP contribution in [0.25, 0.3) is 0 Å². The molecular formula is C5H11NO. The maximum Gasteiger partial charge on any atom is 0.0638 e. The molecule has 0 radical (unpaired) electrons. The van der Waals surface area contributed by atoms with E-state index in [4.69, 9.17) is 4.84 Å². The van der Waals surface area contributed by atoms with Crippen LogP contribution in [0.1, 0.15) is 6.92 Å². The summed E-state index contributed by atoms with van der Waals surface area (Å²) in [7, 11) is 3.46. The average Bonchev–Trinajstić information content (AvgIpc) is 1.68. The van der Waals surface area contributed by atoms with Crippen LogP contribution >= 0.6 is 0 Å². The molecule has 0 atom stereocenters. The standard InChI is InChI=1S/C5H11NO/c1-4-5-6(2)7-3/h4-5H,1-3H3/b5-4-. The lowest BCUT2D eigenvalue weighted by Gasteiger charge is -2.07. The molecule has 7 heavy (non-hydrogen) atoms. The van der Waals surface area contributed by atoms with E-state index in [2.05, 4.69) is 0 Å². The van der Waals surface area contributed by atoms with Crippen molar-refractivity contribution in [3.05, 3.63) is 12.3 Å². The number of nitrogens with zero attached hydrogens (tertiary/aromatic N) is 1. The highest BCUT2D eigenvalue weighted by atomic mass is 16.7. The van der Waals surface area contributed by atoms with E-state index in [-0.39, 0.29) is 0 Å². The Balaban J connectivity index is 3.16. The fourth-order valence-corrected chi connectivity index (χ4v) is 0.271. The van der Waals surface area contributed by atoms with Gasteiger partial charge in [-0.15, -0.1) is 0 Å². The van der Waals surface area contributed by atoms with E-state index in [1.807, 2.05) is 26.2 Å². The van der Waals surface area contributed by atoms with Crippen molar-refractivity contribution in [1.82, 2.24) is 5.06 Å². The van der Waals surface area contributed by atoms with Crippen LogP contribution in [0.5, 0.6) is 0 Å². The molecule has 0 aliphatic heterocycles. The minimum absolute atomic E-state index is 1.62. The molecule has 0 aliphatic carbocycles. The minimum Gasteiger partial charge on any atom is -0.278 e. The predicted octanol–water partition coefficient (Wildman–Crippen LogP) is 1.01. The molecule has 0 N–H and O–H groups in total. The van der Waals surface area contributed by atoms with E-state index in [0.717, 1.165) is 0 Å². The van der Waals surface area contributed by atoms with Crippen molar-refractivity contribution in [2.75, 3.05) is 14.2 Å². The molecule has 0 rings (SSSR count). The summed E-state index contributed by atoms with van der Waals surface area (Å²) < 4.78 is 0. The Morgan fingerprint density at radius 1 is 1.57 bits per heavy atom. The largest absolute Gasteiger partial charge is 0.278 e. The van der Waals surface area contributed by atoms with Gasteiger partial charge < -0.3 is 0 Å². The quantitative estimate of drug-likeness (QED) is 0.481. The van der Waals surface area contributed by atoms with Crippen LogP contribution in [0.15, 0.2) is 12.3 Å². The van der Waals surface area contributed by atoms with Crippen LogP contribution < -0.4 is 0 Å². The Kier molecular flexibility index (Phi) is 3.42. The number of hydrogen-bond acceptors (Lipinski definition) is 2. The molecule has 2 nitrogen and oxygen atoms in total. The molecule has 0 bridgehead atoms.